The molecule has 4 nitrogen and oxygen atoms in total. The van der Waals surface area contributed by atoms with Gasteiger partial charge in [0.1, 0.15) is 0 Å². The van der Waals surface area contributed by atoms with E-state index in [4.69, 9.17) is 11.6 Å². The van der Waals surface area contributed by atoms with Gasteiger partial charge in [-0.2, -0.15) is 0 Å². The van der Waals surface area contributed by atoms with Crippen LogP contribution in [0.2, 0.25) is 5.02 Å². The number of rotatable bonds is 4. The highest BCUT2D eigenvalue weighted by molar-refractivity contribution is 6.31. The number of carbonyl (C=O) groups is 2. The zero-order chi connectivity index (χ0) is 14.5. The fraction of sp³-hybridized carbons (Fsp3) is 0.467. The molecule has 0 spiro atoms. The highest BCUT2D eigenvalue weighted by Crippen LogP contribution is 2.17. The molecule has 1 aromatic carbocycles. The summed E-state index contributed by atoms with van der Waals surface area (Å²) in [5.74, 6) is 0.0765. The summed E-state index contributed by atoms with van der Waals surface area (Å²) in [4.78, 5) is 22.9. The van der Waals surface area contributed by atoms with Crippen molar-refractivity contribution in [2.45, 2.75) is 38.6 Å². The first-order valence-corrected chi connectivity index (χ1v) is 7.23. The monoisotopic (exact) mass is 294 g/mol. The molecule has 0 radical (unpaired) electrons. The molecular formula is C15H19ClN2O2. The molecule has 1 heterocycles. The second-order valence-corrected chi connectivity index (χ2v) is 5.60. The van der Waals surface area contributed by atoms with Crippen LogP contribution in [-0.4, -0.2) is 24.4 Å². The van der Waals surface area contributed by atoms with Crippen molar-refractivity contribution in [1.82, 2.24) is 10.6 Å². The largest absolute Gasteiger partial charge is 0.354 e. The smallest absolute Gasteiger partial charge is 0.220 e. The van der Waals surface area contributed by atoms with E-state index in [0.29, 0.717) is 32.2 Å². The fourth-order valence-corrected chi connectivity index (χ4v) is 2.41. The molecule has 0 aromatic heterocycles. The maximum Gasteiger partial charge on any atom is 0.220 e. The molecule has 20 heavy (non-hydrogen) atoms. The standard InChI is InChI=1S/C15H19ClN2O2/c1-10-2-3-11(8-13(10)16)4-6-15(20)18-12-5-7-14(19)17-9-12/h2-3,8,12H,4-7,9H2,1H3,(H,17,19)(H,18,20). The SMILES string of the molecule is Cc1ccc(CCC(=O)NC2CCC(=O)NC2)cc1Cl. The Hall–Kier alpha value is -1.55. The summed E-state index contributed by atoms with van der Waals surface area (Å²) in [5.41, 5.74) is 2.10. The average molecular weight is 295 g/mol. The maximum absolute atomic E-state index is 11.9. The number of halogens is 1. The van der Waals surface area contributed by atoms with Gasteiger partial charge < -0.3 is 10.6 Å². The summed E-state index contributed by atoms with van der Waals surface area (Å²) in [5, 5.41) is 6.44. The molecule has 1 aromatic rings. The van der Waals surface area contributed by atoms with Crippen molar-refractivity contribution < 1.29 is 9.59 Å². The van der Waals surface area contributed by atoms with E-state index in [1.165, 1.54) is 0 Å². The molecule has 108 valence electrons. The van der Waals surface area contributed by atoms with Crippen LogP contribution < -0.4 is 10.6 Å². The Balaban J connectivity index is 1.77. The quantitative estimate of drug-likeness (QED) is 0.892. The number of nitrogens with one attached hydrogen (secondary N) is 2. The number of hydrogen-bond acceptors (Lipinski definition) is 2. The van der Waals surface area contributed by atoms with E-state index in [1.54, 1.807) is 0 Å². The Morgan fingerprint density at radius 1 is 1.50 bits per heavy atom. The molecule has 0 bridgehead atoms. The molecule has 0 saturated carbocycles. The van der Waals surface area contributed by atoms with Crippen LogP contribution >= 0.6 is 11.6 Å². The maximum atomic E-state index is 11.9. The summed E-state index contributed by atoms with van der Waals surface area (Å²) in [7, 11) is 0. The van der Waals surface area contributed by atoms with Crippen molar-refractivity contribution in [3.05, 3.63) is 34.3 Å². The molecule has 1 aliphatic heterocycles. The van der Waals surface area contributed by atoms with Gasteiger partial charge in [-0.25, -0.2) is 0 Å². The number of amides is 2. The van der Waals surface area contributed by atoms with Gasteiger partial charge in [0.05, 0.1) is 0 Å². The van der Waals surface area contributed by atoms with Crippen LogP contribution in [0.1, 0.15) is 30.4 Å². The lowest BCUT2D eigenvalue weighted by Crippen LogP contribution is -2.47. The van der Waals surface area contributed by atoms with Gasteiger partial charge in [-0.15, -0.1) is 0 Å². The molecule has 1 atom stereocenters. The lowest BCUT2D eigenvalue weighted by Gasteiger charge is -2.23. The normalized spacial score (nSPS) is 18.5. The first-order chi connectivity index (χ1) is 9.54. The minimum atomic E-state index is 0.0165. The lowest BCUT2D eigenvalue weighted by molar-refractivity contribution is -0.125. The summed E-state index contributed by atoms with van der Waals surface area (Å²) in [6.45, 7) is 2.48. The molecular weight excluding hydrogens is 276 g/mol. The molecule has 0 aliphatic carbocycles. The van der Waals surface area contributed by atoms with Crippen molar-refractivity contribution in [3.8, 4) is 0 Å². The van der Waals surface area contributed by atoms with Gasteiger partial charge in [0.25, 0.3) is 0 Å². The molecule has 2 rings (SSSR count). The second-order valence-electron chi connectivity index (χ2n) is 5.19. The van der Waals surface area contributed by atoms with E-state index in [0.717, 1.165) is 16.1 Å². The molecule has 1 aliphatic rings. The number of hydrogen-bond donors (Lipinski definition) is 2. The minimum Gasteiger partial charge on any atom is -0.354 e. The van der Waals surface area contributed by atoms with Gasteiger partial charge in [-0.05, 0) is 37.0 Å². The third-order valence-electron chi connectivity index (χ3n) is 3.51. The topological polar surface area (TPSA) is 58.2 Å². The van der Waals surface area contributed by atoms with Gasteiger partial charge in [-0.3, -0.25) is 9.59 Å². The van der Waals surface area contributed by atoms with Gasteiger partial charge in [0, 0.05) is 30.5 Å². The van der Waals surface area contributed by atoms with Crippen molar-refractivity contribution in [1.29, 1.82) is 0 Å². The van der Waals surface area contributed by atoms with Crippen molar-refractivity contribution in [2.24, 2.45) is 0 Å². The summed E-state index contributed by atoms with van der Waals surface area (Å²) in [6.07, 6.45) is 2.31. The highest BCUT2D eigenvalue weighted by atomic mass is 35.5. The Morgan fingerprint density at radius 3 is 2.95 bits per heavy atom. The zero-order valence-electron chi connectivity index (χ0n) is 11.5. The Morgan fingerprint density at radius 2 is 2.30 bits per heavy atom. The highest BCUT2D eigenvalue weighted by Gasteiger charge is 2.19. The molecule has 1 saturated heterocycles. The molecule has 5 heteroatoms. The minimum absolute atomic E-state index is 0.0165. The number of carbonyl (C=O) groups excluding carboxylic acids is 2. The van der Waals surface area contributed by atoms with Crippen LogP contribution in [0.15, 0.2) is 18.2 Å². The third-order valence-corrected chi connectivity index (χ3v) is 3.91. The number of aryl methyl sites for hydroxylation is 2. The molecule has 1 unspecified atom stereocenters. The van der Waals surface area contributed by atoms with Gasteiger partial charge in [-0.1, -0.05) is 23.7 Å². The van der Waals surface area contributed by atoms with Gasteiger partial charge >= 0.3 is 0 Å². The van der Waals surface area contributed by atoms with Crippen LogP contribution in [0, 0.1) is 6.92 Å². The number of benzene rings is 1. The van der Waals surface area contributed by atoms with E-state index in [1.807, 2.05) is 25.1 Å². The van der Waals surface area contributed by atoms with Crippen molar-refractivity contribution in [2.75, 3.05) is 6.54 Å². The van der Waals surface area contributed by atoms with E-state index in [9.17, 15) is 9.59 Å². The van der Waals surface area contributed by atoms with Crippen LogP contribution in [-0.2, 0) is 16.0 Å². The Labute approximate surface area is 123 Å². The number of piperidine rings is 1. The van der Waals surface area contributed by atoms with Crippen LogP contribution in [0.25, 0.3) is 0 Å². The fourth-order valence-electron chi connectivity index (χ4n) is 2.21. The predicted molar refractivity (Wildman–Crippen MR) is 78.7 cm³/mol. The van der Waals surface area contributed by atoms with E-state index < -0.39 is 0 Å². The molecule has 1 fully saturated rings. The third kappa shape index (κ3) is 4.23. The van der Waals surface area contributed by atoms with Gasteiger partial charge in [0.2, 0.25) is 11.8 Å². The molecule has 2 N–H and O–H groups in total. The van der Waals surface area contributed by atoms with Gasteiger partial charge in [0.15, 0.2) is 0 Å². The van der Waals surface area contributed by atoms with E-state index >= 15 is 0 Å². The Kier molecular flexibility index (Phi) is 5.01. The summed E-state index contributed by atoms with van der Waals surface area (Å²) >= 11 is 6.06. The first kappa shape index (κ1) is 14.9. The van der Waals surface area contributed by atoms with Crippen LogP contribution in [0.4, 0.5) is 0 Å². The molecule has 2 amide bonds. The zero-order valence-corrected chi connectivity index (χ0v) is 12.3. The van der Waals surface area contributed by atoms with Crippen molar-refractivity contribution in [3.63, 3.8) is 0 Å². The Bertz CT molecular complexity index is 507. The lowest BCUT2D eigenvalue weighted by atomic mass is 10.1. The second kappa shape index (κ2) is 6.75. The van der Waals surface area contributed by atoms with E-state index in [-0.39, 0.29) is 17.9 Å². The average Bonchev–Trinajstić information content (AvgIpc) is 2.43. The summed E-state index contributed by atoms with van der Waals surface area (Å²) in [6, 6.07) is 5.92. The van der Waals surface area contributed by atoms with Crippen LogP contribution in [0.5, 0.6) is 0 Å². The predicted octanol–water partition coefficient (Wildman–Crippen LogP) is 1.98. The summed E-state index contributed by atoms with van der Waals surface area (Å²) < 4.78 is 0. The van der Waals surface area contributed by atoms with Crippen LogP contribution in [0.3, 0.4) is 0 Å². The van der Waals surface area contributed by atoms with Crippen molar-refractivity contribution >= 4 is 23.4 Å². The van der Waals surface area contributed by atoms with E-state index in [2.05, 4.69) is 10.6 Å². The first-order valence-electron chi connectivity index (χ1n) is 6.85.